The van der Waals surface area contributed by atoms with Gasteiger partial charge < -0.3 is 4.74 Å². The lowest BCUT2D eigenvalue weighted by Gasteiger charge is -2.37. The average Bonchev–Trinajstić information content (AvgIpc) is 2.79. The molecule has 0 saturated heterocycles. The maximum atomic E-state index is 13.2. The van der Waals surface area contributed by atoms with Gasteiger partial charge in [-0.3, -0.25) is 9.69 Å². The molecule has 0 N–H and O–H groups in total. The summed E-state index contributed by atoms with van der Waals surface area (Å²) >= 11 is 2.30. The first kappa shape index (κ1) is 23.0. The standard InChI is InChI=1S/C28H32INO2/c1-21(23-15-9-6-10-16-23)30(20-22-13-7-5-8-14-22)26(19-27(31)32-28(2,3)4)24-17-11-12-18-25(24)29/h5-18,21,26H,19-20H2,1-4H3/t21-,26+/m0/s1/i19D/t19-,21+,26-/m1. The summed E-state index contributed by atoms with van der Waals surface area (Å²) in [6, 6.07) is 28.0. The average molecular weight is 542 g/mol. The summed E-state index contributed by atoms with van der Waals surface area (Å²) in [5, 5.41) is 0. The second kappa shape index (κ2) is 11.1. The van der Waals surface area contributed by atoms with Crippen LogP contribution in [0, 0.1) is 3.57 Å². The maximum Gasteiger partial charge on any atom is 0.308 e. The molecule has 0 fully saturated rings. The third-order valence-corrected chi connectivity index (χ3v) is 6.25. The van der Waals surface area contributed by atoms with Crippen LogP contribution in [0.2, 0.25) is 0 Å². The van der Waals surface area contributed by atoms with E-state index < -0.39 is 24.0 Å². The van der Waals surface area contributed by atoms with Crippen LogP contribution in [-0.2, 0) is 16.1 Å². The van der Waals surface area contributed by atoms with E-state index in [2.05, 4.69) is 58.7 Å². The number of rotatable bonds is 8. The fourth-order valence-electron chi connectivity index (χ4n) is 3.74. The molecular formula is C28H32INO2. The molecule has 32 heavy (non-hydrogen) atoms. The monoisotopic (exact) mass is 542 g/mol. The Labute approximate surface area is 207 Å². The molecule has 3 aromatic carbocycles. The highest BCUT2D eigenvalue weighted by molar-refractivity contribution is 14.1. The van der Waals surface area contributed by atoms with Crippen molar-refractivity contribution in [1.29, 1.82) is 0 Å². The van der Waals surface area contributed by atoms with Crippen LogP contribution in [0.25, 0.3) is 0 Å². The molecule has 3 atom stereocenters. The topological polar surface area (TPSA) is 29.5 Å². The summed E-state index contributed by atoms with van der Waals surface area (Å²) in [4.78, 5) is 15.4. The van der Waals surface area contributed by atoms with Gasteiger partial charge >= 0.3 is 5.97 Å². The zero-order chi connectivity index (χ0) is 24.0. The summed E-state index contributed by atoms with van der Waals surface area (Å²) in [6.07, 6.45) is -1.10. The van der Waals surface area contributed by atoms with Gasteiger partial charge in [0, 0.05) is 23.6 Å². The van der Waals surface area contributed by atoms with Crippen molar-refractivity contribution in [2.24, 2.45) is 0 Å². The van der Waals surface area contributed by atoms with Crippen molar-refractivity contribution in [3.05, 3.63) is 105 Å². The van der Waals surface area contributed by atoms with Crippen LogP contribution in [0.15, 0.2) is 84.9 Å². The molecule has 0 aliphatic rings. The molecule has 0 heterocycles. The van der Waals surface area contributed by atoms with Crippen molar-refractivity contribution in [3.8, 4) is 0 Å². The third kappa shape index (κ3) is 6.91. The van der Waals surface area contributed by atoms with E-state index in [1.165, 1.54) is 0 Å². The second-order valence-electron chi connectivity index (χ2n) is 8.91. The number of halogens is 1. The highest BCUT2D eigenvalue weighted by Crippen LogP contribution is 2.37. The van der Waals surface area contributed by atoms with E-state index in [0.717, 1.165) is 20.3 Å². The Morgan fingerprint density at radius 3 is 2.12 bits per heavy atom. The Morgan fingerprint density at radius 2 is 1.53 bits per heavy atom. The molecule has 0 aliphatic heterocycles. The quantitative estimate of drug-likeness (QED) is 0.221. The smallest absolute Gasteiger partial charge is 0.308 e. The van der Waals surface area contributed by atoms with Crippen LogP contribution >= 0.6 is 22.6 Å². The molecular weight excluding hydrogens is 509 g/mol. The number of carbonyl (C=O) groups is 1. The predicted octanol–water partition coefficient (Wildman–Crippen LogP) is 7.33. The highest BCUT2D eigenvalue weighted by Gasteiger charge is 2.31. The Morgan fingerprint density at radius 1 is 0.969 bits per heavy atom. The van der Waals surface area contributed by atoms with Crippen molar-refractivity contribution in [1.82, 2.24) is 4.90 Å². The molecule has 4 heteroatoms. The molecule has 0 bridgehead atoms. The molecule has 0 radical (unpaired) electrons. The largest absolute Gasteiger partial charge is 0.460 e. The lowest BCUT2D eigenvalue weighted by molar-refractivity contribution is -0.156. The van der Waals surface area contributed by atoms with E-state index in [9.17, 15) is 4.79 Å². The first-order chi connectivity index (χ1) is 15.7. The van der Waals surface area contributed by atoms with Gasteiger partial charge in [-0.25, -0.2) is 0 Å². The predicted molar refractivity (Wildman–Crippen MR) is 139 cm³/mol. The number of benzene rings is 3. The van der Waals surface area contributed by atoms with Crippen LogP contribution < -0.4 is 0 Å². The number of hydrogen-bond acceptors (Lipinski definition) is 3. The number of carbonyl (C=O) groups excluding carboxylic acids is 1. The molecule has 0 spiro atoms. The minimum atomic E-state index is -1.10. The molecule has 0 unspecified atom stereocenters. The van der Waals surface area contributed by atoms with Crippen LogP contribution in [0.3, 0.4) is 0 Å². The number of ether oxygens (including phenoxy) is 1. The molecule has 168 valence electrons. The van der Waals surface area contributed by atoms with Gasteiger partial charge in [0.05, 0.1) is 6.40 Å². The molecule has 3 aromatic rings. The number of hydrogen-bond donors (Lipinski definition) is 0. The SMILES string of the molecule is [2H][C@@H](C(=O)OC(C)(C)C)[C@H](c1ccccc1I)N(Cc1ccccc1)[C@@H](C)c1ccccc1. The van der Waals surface area contributed by atoms with E-state index in [1.807, 2.05) is 81.4 Å². The fraction of sp³-hybridized carbons (Fsp3) is 0.321. The molecule has 3 rings (SSSR count). The lowest BCUT2D eigenvalue weighted by Crippen LogP contribution is -2.35. The van der Waals surface area contributed by atoms with Crippen molar-refractivity contribution >= 4 is 28.6 Å². The zero-order valence-corrected chi connectivity index (χ0v) is 21.3. The van der Waals surface area contributed by atoms with Crippen LogP contribution in [0.4, 0.5) is 0 Å². The molecule has 3 nitrogen and oxygen atoms in total. The molecule has 0 saturated carbocycles. The van der Waals surface area contributed by atoms with Crippen LogP contribution in [-0.4, -0.2) is 16.5 Å². The summed E-state index contributed by atoms with van der Waals surface area (Å²) in [7, 11) is 0. The van der Waals surface area contributed by atoms with Crippen LogP contribution in [0.1, 0.15) is 64.2 Å². The van der Waals surface area contributed by atoms with Crippen LogP contribution in [0.5, 0.6) is 0 Å². The van der Waals surface area contributed by atoms with Gasteiger partial charge in [0.15, 0.2) is 0 Å². The van der Waals surface area contributed by atoms with E-state index >= 15 is 0 Å². The summed E-state index contributed by atoms with van der Waals surface area (Å²) in [5.74, 6) is -0.509. The summed E-state index contributed by atoms with van der Waals surface area (Å²) in [6.45, 7) is 8.27. The van der Waals surface area contributed by atoms with E-state index in [1.54, 1.807) is 0 Å². The zero-order valence-electron chi connectivity index (χ0n) is 20.2. The number of nitrogens with zero attached hydrogens (tertiary/aromatic N) is 1. The molecule has 0 aliphatic carbocycles. The maximum absolute atomic E-state index is 13.2. The fourth-order valence-corrected chi connectivity index (χ4v) is 4.44. The third-order valence-electron chi connectivity index (χ3n) is 5.27. The minimum Gasteiger partial charge on any atom is -0.460 e. The first-order valence-corrected chi connectivity index (χ1v) is 12.0. The van der Waals surface area contributed by atoms with Gasteiger partial charge in [0.25, 0.3) is 0 Å². The molecule has 0 aromatic heterocycles. The van der Waals surface area contributed by atoms with Gasteiger partial charge in [-0.15, -0.1) is 0 Å². The van der Waals surface area contributed by atoms with E-state index in [4.69, 9.17) is 6.11 Å². The van der Waals surface area contributed by atoms with E-state index in [-0.39, 0.29) is 6.04 Å². The Hall–Kier alpha value is -2.18. The van der Waals surface area contributed by atoms with E-state index in [0.29, 0.717) is 6.54 Å². The Balaban J connectivity index is 2.11. The van der Waals surface area contributed by atoms with Crippen molar-refractivity contribution in [3.63, 3.8) is 0 Å². The van der Waals surface area contributed by atoms with Gasteiger partial charge in [-0.1, -0.05) is 78.9 Å². The van der Waals surface area contributed by atoms with Gasteiger partial charge in [0.1, 0.15) is 5.60 Å². The van der Waals surface area contributed by atoms with Crippen molar-refractivity contribution in [2.75, 3.05) is 0 Å². The summed E-state index contributed by atoms with van der Waals surface area (Å²) in [5.41, 5.74) is 2.58. The number of esters is 1. The minimum absolute atomic E-state index is 0.0253. The normalized spacial score (nSPS) is 15.0. The van der Waals surface area contributed by atoms with Gasteiger partial charge in [0.2, 0.25) is 0 Å². The Bertz CT molecular complexity index is 1040. The highest BCUT2D eigenvalue weighted by atomic mass is 127. The van der Waals surface area contributed by atoms with Gasteiger partial charge in [-0.05, 0) is 73.0 Å². The van der Waals surface area contributed by atoms with Crippen molar-refractivity contribution < 1.29 is 10.9 Å². The van der Waals surface area contributed by atoms with Gasteiger partial charge in [-0.2, -0.15) is 0 Å². The van der Waals surface area contributed by atoms with Crippen molar-refractivity contribution in [2.45, 2.75) is 58.3 Å². The Kier molecular flexibility index (Phi) is 7.98. The lowest BCUT2D eigenvalue weighted by atomic mass is 9.96. The summed E-state index contributed by atoms with van der Waals surface area (Å²) < 4.78 is 15.8. The second-order valence-corrected chi connectivity index (χ2v) is 10.1. The molecule has 0 amide bonds. The first-order valence-electron chi connectivity index (χ1n) is 11.5.